The molecular formula is C23H24N4O3S. The molecule has 0 aliphatic rings. The molecule has 160 valence electrons. The first kappa shape index (κ1) is 22.2. The van der Waals surface area contributed by atoms with Gasteiger partial charge in [-0.2, -0.15) is 0 Å². The standard InChI is InChI=1S/C23H24N4O3S/c1-14-4-6-18(7-5-14)22(29)27-19-10-8-17(9-11-19)21(28)24-12-13-25-23(30)20-15(2)26-16(3)31-20/h4-11H,12-13H2,1-3H3,(H,24,28)(H,25,30)(H,27,29). The third-order valence-corrected chi connectivity index (χ3v) is 5.60. The maximum Gasteiger partial charge on any atom is 0.263 e. The Balaban J connectivity index is 1.45. The molecule has 0 saturated carbocycles. The van der Waals surface area contributed by atoms with E-state index in [2.05, 4.69) is 20.9 Å². The number of nitrogens with zero attached hydrogens (tertiary/aromatic N) is 1. The molecule has 3 amide bonds. The van der Waals surface area contributed by atoms with Crippen molar-refractivity contribution in [2.75, 3.05) is 18.4 Å². The molecule has 0 atom stereocenters. The molecule has 0 radical (unpaired) electrons. The first-order valence-corrected chi connectivity index (χ1v) is 10.6. The molecule has 1 aromatic heterocycles. The number of hydrogen-bond acceptors (Lipinski definition) is 5. The van der Waals surface area contributed by atoms with E-state index in [4.69, 9.17) is 0 Å². The minimum absolute atomic E-state index is 0.189. The first-order chi connectivity index (χ1) is 14.8. The lowest BCUT2D eigenvalue weighted by molar-refractivity contribution is 0.0929. The molecule has 31 heavy (non-hydrogen) atoms. The molecule has 0 unspecified atom stereocenters. The van der Waals surface area contributed by atoms with Crippen molar-refractivity contribution in [3.63, 3.8) is 0 Å². The van der Waals surface area contributed by atoms with Crippen LogP contribution in [0, 0.1) is 20.8 Å². The summed E-state index contributed by atoms with van der Waals surface area (Å²) in [6.07, 6.45) is 0. The second kappa shape index (κ2) is 9.99. The fourth-order valence-corrected chi connectivity index (χ4v) is 3.73. The smallest absolute Gasteiger partial charge is 0.263 e. The van der Waals surface area contributed by atoms with Gasteiger partial charge in [0.05, 0.1) is 10.7 Å². The topological polar surface area (TPSA) is 100 Å². The zero-order chi connectivity index (χ0) is 22.4. The normalized spacial score (nSPS) is 10.4. The molecule has 3 rings (SSSR count). The van der Waals surface area contributed by atoms with Gasteiger partial charge in [0.15, 0.2) is 0 Å². The number of hydrogen-bond donors (Lipinski definition) is 3. The third-order valence-electron chi connectivity index (χ3n) is 4.52. The van der Waals surface area contributed by atoms with Crippen molar-refractivity contribution in [3.05, 3.63) is 80.8 Å². The molecule has 1 heterocycles. The van der Waals surface area contributed by atoms with Crippen LogP contribution in [0.15, 0.2) is 48.5 Å². The minimum atomic E-state index is -0.254. The van der Waals surface area contributed by atoms with Crippen LogP contribution < -0.4 is 16.0 Å². The zero-order valence-corrected chi connectivity index (χ0v) is 18.4. The van der Waals surface area contributed by atoms with E-state index in [1.54, 1.807) is 43.3 Å². The van der Waals surface area contributed by atoms with Crippen LogP contribution in [-0.4, -0.2) is 35.8 Å². The lowest BCUT2D eigenvalue weighted by Gasteiger charge is -2.08. The monoisotopic (exact) mass is 436 g/mol. The SMILES string of the molecule is Cc1ccc(C(=O)Nc2ccc(C(=O)NCCNC(=O)c3sc(C)nc3C)cc2)cc1. The summed E-state index contributed by atoms with van der Waals surface area (Å²) in [5.41, 5.74) is 3.43. The summed E-state index contributed by atoms with van der Waals surface area (Å²) < 4.78 is 0. The van der Waals surface area contributed by atoms with Gasteiger partial charge in [-0.05, 0) is 57.2 Å². The van der Waals surface area contributed by atoms with Gasteiger partial charge < -0.3 is 16.0 Å². The largest absolute Gasteiger partial charge is 0.350 e. The summed E-state index contributed by atoms with van der Waals surface area (Å²) in [6, 6.07) is 13.9. The molecular weight excluding hydrogens is 412 g/mol. The molecule has 0 aliphatic carbocycles. The average Bonchev–Trinajstić information content (AvgIpc) is 3.10. The summed E-state index contributed by atoms with van der Waals surface area (Å²) in [5, 5.41) is 9.19. The average molecular weight is 437 g/mol. The van der Waals surface area contributed by atoms with E-state index in [-0.39, 0.29) is 17.7 Å². The van der Waals surface area contributed by atoms with Crippen LogP contribution in [0.3, 0.4) is 0 Å². The Hall–Kier alpha value is -3.52. The summed E-state index contributed by atoms with van der Waals surface area (Å²) >= 11 is 1.35. The van der Waals surface area contributed by atoms with Crippen molar-refractivity contribution < 1.29 is 14.4 Å². The molecule has 0 saturated heterocycles. The number of anilines is 1. The van der Waals surface area contributed by atoms with Crippen molar-refractivity contribution in [2.24, 2.45) is 0 Å². The van der Waals surface area contributed by atoms with E-state index in [0.29, 0.717) is 40.5 Å². The number of thiazole rings is 1. The fourth-order valence-electron chi connectivity index (χ4n) is 2.89. The van der Waals surface area contributed by atoms with Crippen molar-refractivity contribution in [2.45, 2.75) is 20.8 Å². The van der Waals surface area contributed by atoms with E-state index in [9.17, 15) is 14.4 Å². The van der Waals surface area contributed by atoms with Gasteiger partial charge in [-0.15, -0.1) is 11.3 Å². The molecule has 0 bridgehead atoms. The number of benzene rings is 2. The van der Waals surface area contributed by atoms with Gasteiger partial charge in [0.25, 0.3) is 17.7 Å². The van der Waals surface area contributed by atoms with Gasteiger partial charge in [-0.3, -0.25) is 14.4 Å². The number of amides is 3. The summed E-state index contributed by atoms with van der Waals surface area (Å²) in [7, 11) is 0. The highest BCUT2D eigenvalue weighted by molar-refractivity contribution is 7.13. The Kier molecular flexibility index (Phi) is 7.15. The predicted molar refractivity (Wildman–Crippen MR) is 122 cm³/mol. The highest BCUT2D eigenvalue weighted by Crippen LogP contribution is 2.16. The Morgan fingerprint density at radius 1 is 0.774 bits per heavy atom. The summed E-state index contributed by atoms with van der Waals surface area (Å²) in [4.78, 5) is 41.5. The number of nitrogens with one attached hydrogen (secondary N) is 3. The number of aromatic nitrogens is 1. The van der Waals surface area contributed by atoms with Crippen molar-refractivity contribution >= 4 is 34.7 Å². The van der Waals surface area contributed by atoms with Gasteiger partial charge in [0.2, 0.25) is 0 Å². The van der Waals surface area contributed by atoms with Crippen LogP contribution in [0.5, 0.6) is 0 Å². The minimum Gasteiger partial charge on any atom is -0.350 e. The van der Waals surface area contributed by atoms with E-state index in [1.165, 1.54) is 11.3 Å². The highest BCUT2D eigenvalue weighted by Gasteiger charge is 2.13. The Labute approximate surface area is 184 Å². The van der Waals surface area contributed by atoms with Crippen molar-refractivity contribution in [1.29, 1.82) is 0 Å². The van der Waals surface area contributed by atoms with Gasteiger partial charge in [-0.1, -0.05) is 17.7 Å². The van der Waals surface area contributed by atoms with E-state index in [0.717, 1.165) is 10.6 Å². The molecule has 3 N–H and O–H groups in total. The van der Waals surface area contributed by atoms with Crippen LogP contribution in [0.4, 0.5) is 5.69 Å². The van der Waals surface area contributed by atoms with E-state index >= 15 is 0 Å². The second-order valence-electron chi connectivity index (χ2n) is 7.06. The zero-order valence-electron chi connectivity index (χ0n) is 17.6. The Morgan fingerprint density at radius 3 is 1.90 bits per heavy atom. The van der Waals surface area contributed by atoms with E-state index < -0.39 is 0 Å². The van der Waals surface area contributed by atoms with Crippen molar-refractivity contribution in [1.82, 2.24) is 15.6 Å². The molecule has 0 spiro atoms. The van der Waals surface area contributed by atoms with Gasteiger partial charge in [0.1, 0.15) is 4.88 Å². The van der Waals surface area contributed by atoms with Gasteiger partial charge in [-0.25, -0.2) is 4.98 Å². The molecule has 7 nitrogen and oxygen atoms in total. The molecule has 2 aromatic carbocycles. The fraction of sp³-hybridized carbons (Fsp3) is 0.217. The summed E-state index contributed by atoms with van der Waals surface area (Å²) in [5.74, 6) is -0.652. The van der Waals surface area contributed by atoms with Crippen LogP contribution in [-0.2, 0) is 0 Å². The summed E-state index contributed by atoms with van der Waals surface area (Å²) in [6.45, 7) is 6.22. The van der Waals surface area contributed by atoms with Crippen molar-refractivity contribution in [3.8, 4) is 0 Å². The predicted octanol–water partition coefficient (Wildman–Crippen LogP) is 3.48. The third kappa shape index (κ3) is 5.99. The first-order valence-electron chi connectivity index (χ1n) is 9.82. The second-order valence-corrected chi connectivity index (χ2v) is 8.26. The van der Waals surface area contributed by atoms with Crippen LogP contribution in [0.2, 0.25) is 0 Å². The number of carbonyl (C=O) groups excluding carboxylic acids is 3. The molecule has 8 heteroatoms. The molecule has 3 aromatic rings. The van der Waals surface area contributed by atoms with E-state index in [1.807, 2.05) is 26.0 Å². The van der Waals surface area contributed by atoms with Crippen LogP contribution >= 0.6 is 11.3 Å². The Morgan fingerprint density at radius 2 is 1.32 bits per heavy atom. The molecule has 0 aliphatic heterocycles. The van der Waals surface area contributed by atoms with Gasteiger partial charge in [0, 0.05) is 29.9 Å². The lowest BCUT2D eigenvalue weighted by atomic mass is 10.1. The highest BCUT2D eigenvalue weighted by atomic mass is 32.1. The lowest BCUT2D eigenvalue weighted by Crippen LogP contribution is -2.34. The maximum atomic E-state index is 12.3. The van der Waals surface area contributed by atoms with Crippen LogP contribution in [0.25, 0.3) is 0 Å². The van der Waals surface area contributed by atoms with Gasteiger partial charge >= 0.3 is 0 Å². The maximum absolute atomic E-state index is 12.3. The molecule has 0 fully saturated rings. The quantitative estimate of drug-likeness (QED) is 0.494. The number of rotatable bonds is 7. The number of carbonyl (C=O) groups is 3. The van der Waals surface area contributed by atoms with Crippen LogP contribution in [0.1, 0.15) is 46.7 Å². The number of aryl methyl sites for hydroxylation is 3. The Bertz CT molecular complexity index is 1090.